The van der Waals surface area contributed by atoms with Gasteiger partial charge in [0, 0.05) is 13.1 Å². The van der Waals surface area contributed by atoms with Gasteiger partial charge in [0.25, 0.3) is 0 Å². The van der Waals surface area contributed by atoms with Crippen molar-refractivity contribution in [1.29, 1.82) is 0 Å². The molecule has 0 spiro atoms. The average molecular weight is 337 g/mol. The number of rotatable bonds is 14. The van der Waals surface area contributed by atoms with E-state index in [2.05, 4.69) is 18.4 Å². The normalized spacial score (nSPS) is 12.2. The van der Waals surface area contributed by atoms with E-state index >= 15 is 0 Å². The summed E-state index contributed by atoms with van der Waals surface area (Å²) in [7, 11) is 1.63. The van der Waals surface area contributed by atoms with E-state index in [0.29, 0.717) is 26.4 Å². The van der Waals surface area contributed by atoms with Gasteiger partial charge in [0.2, 0.25) is 0 Å². The maximum atomic E-state index is 10.1. The Morgan fingerprint density at radius 1 is 1.25 bits per heavy atom. The zero-order valence-corrected chi connectivity index (χ0v) is 14.9. The predicted molar refractivity (Wildman–Crippen MR) is 96.9 cm³/mol. The van der Waals surface area contributed by atoms with Gasteiger partial charge in [-0.25, -0.2) is 0 Å². The van der Waals surface area contributed by atoms with Crippen LogP contribution in [0.3, 0.4) is 0 Å². The second-order valence-electron chi connectivity index (χ2n) is 5.63. The summed E-state index contributed by atoms with van der Waals surface area (Å²) in [4.78, 5) is 2.21. The second kappa shape index (κ2) is 12.8. The molecular weight excluding hydrogens is 306 g/mol. The molecule has 1 N–H and O–H groups in total. The van der Waals surface area contributed by atoms with E-state index in [1.807, 2.05) is 24.3 Å². The molecule has 24 heavy (non-hydrogen) atoms. The highest BCUT2D eigenvalue weighted by atomic mass is 16.5. The summed E-state index contributed by atoms with van der Waals surface area (Å²) in [6, 6.07) is 7.62. The highest BCUT2D eigenvalue weighted by Crippen LogP contribution is 2.25. The standard InChI is InChI=1S/C19H31NO4/c1-4-6-11-20(15-17(21)16-23-13-5-2)12-14-24-19-10-8-7-9-18(19)22-3/h5,7-10,17,21H,2,4,6,11-16H2,1,3H3/t17-/m1/s1. The number of ether oxygens (including phenoxy) is 3. The number of benzene rings is 1. The molecule has 0 aliphatic carbocycles. The van der Waals surface area contributed by atoms with Crippen LogP contribution in [0.2, 0.25) is 0 Å². The zero-order chi connectivity index (χ0) is 17.6. The molecule has 0 amide bonds. The van der Waals surface area contributed by atoms with Crippen LogP contribution in [-0.4, -0.2) is 62.7 Å². The summed E-state index contributed by atoms with van der Waals surface area (Å²) in [6.07, 6.45) is 3.39. The number of aliphatic hydroxyl groups excluding tert-OH is 1. The quantitative estimate of drug-likeness (QED) is 0.418. The minimum atomic E-state index is -0.506. The molecule has 0 bridgehead atoms. The molecule has 0 aliphatic rings. The van der Waals surface area contributed by atoms with Crippen molar-refractivity contribution in [1.82, 2.24) is 4.90 Å². The van der Waals surface area contributed by atoms with Gasteiger partial charge in [0.15, 0.2) is 11.5 Å². The highest BCUT2D eigenvalue weighted by molar-refractivity contribution is 5.39. The van der Waals surface area contributed by atoms with Crippen molar-refractivity contribution < 1.29 is 19.3 Å². The molecule has 0 fully saturated rings. The van der Waals surface area contributed by atoms with Crippen molar-refractivity contribution in [2.75, 3.05) is 46.6 Å². The van der Waals surface area contributed by atoms with Crippen molar-refractivity contribution in [3.05, 3.63) is 36.9 Å². The Morgan fingerprint density at radius 3 is 2.67 bits per heavy atom. The van der Waals surface area contributed by atoms with Crippen LogP contribution in [0.1, 0.15) is 19.8 Å². The second-order valence-corrected chi connectivity index (χ2v) is 5.63. The number of unbranched alkanes of at least 4 members (excludes halogenated alkanes) is 1. The number of aliphatic hydroxyl groups is 1. The van der Waals surface area contributed by atoms with Gasteiger partial charge in [-0.1, -0.05) is 31.6 Å². The smallest absolute Gasteiger partial charge is 0.161 e. The Bertz CT molecular complexity index is 453. The third-order valence-corrected chi connectivity index (χ3v) is 3.58. The SMILES string of the molecule is C=CCOC[C@H](O)CN(CCCC)CCOc1ccccc1OC. The van der Waals surface area contributed by atoms with Crippen LogP contribution in [0.5, 0.6) is 11.5 Å². The van der Waals surface area contributed by atoms with Crippen LogP contribution in [0, 0.1) is 0 Å². The van der Waals surface area contributed by atoms with Crippen LogP contribution in [0.15, 0.2) is 36.9 Å². The Hall–Kier alpha value is -1.56. The average Bonchev–Trinajstić information content (AvgIpc) is 2.60. The maximum Gasteiger partial charge on any atom is 0.161 e. The molecule has 1 rings (SSSR count). The van der Waals surface area contributed by atoms with Crippen molar-refractivity contribution in [2.45, 2.75) is 25.9 Å². The maximum absolute atomic E-state index is 10.1. The minimum Gasteiger partial charge on any atom is -0.493 e. The fourth-order valence-corrected chi connectivity index (χ4v) is 2.34. The lowest BCUT2D eigenvalue weighted by atomic mass is 10.2. The molecule has 0 aromatic heterocycles. The third kappa shape index (κ3) is 8.34. The first-order chi connectivity index (χ1) is 11.7. The summed E-state index contributed by atoms with van der Waals surface area (Å²) < 4.78 is 16.4. The van der Waals surface area contributed by atoms with E-state index in [0.717, 1.165) is 37.4 Å². The molecule has 5 nitrogen and oxygen atoms in total. The molecule has 0 saturated carbocycles. The minimum absolute atomic E-state index is 0.321. The van der Waals surface area contributed by atoms with E-state index < -0.39 is 6.10 Å². The number of hydrogen-bond donors (Lipinski definition) is 1. The summed E-state index contributed by atoms with van der Waals surface area (Å²) in [5.74, 6) is 1.47. The lowest BCUT2D eigenvalue weighted by Crippen LogP contribution is -2.38. The predicted octanol–water partition coefficient (Wildman–Crippen LogP) is 2.74. The molecule has 0 unspecified atom stereocenters. The third-order valence-electron chi connectivity index (χ3n) is 3.58. The van der Waals surface area contributed by atoms with Gasteiger partial charge in [-0.3, -0.25) is 4.90 Å². The molecule has 1 aromatic rings. The van der Waals surface area contributed by atoms with E-state index in [1.54, 1.807) is 13.2 Å². The summed E-state index contributed by atoms with van der Waals surface area (Å²) in [6.45, 7) is 9.34. The fourth-order valence-electron chi connectivity index (χ4n) is 2.34. The molecule has 1 atom stereocenters. The zero-order valence-electron chi connectivity index (χ0n) is 14.9. The fraction of sp³-hybridized carbons (Fsp3) is 0.579. The van der Waals surface area contributed by atoms with E-state index in [4.69, 9.17) is 14.2 Å². The van der Waals surface area contributed by atoms with Gasteiger partial charge in [-0.15, -0.1) is 6.58 Å². The molecule has 1 aromatic carbocycles. The lowest BCUT2D eigenvalue weighted by Gasteiger charge is -2.25. The van der Waals surface area contributed by atoms with Crippen molar-refractivity contribution >= 4 is 0 Å². The first-order valence-corrected chi connectivity index (χ1v) is 8.56. The van der Waals surface area contributed by atoms with Gasteiger partial charge < -0.3 is 19.3 Å². The molecule has 0 aliphatic heterocycles. The number of para-hydroxylation sites is 2. The van der Waals surface area contributed by atoms with Gasteiger partial charge >= 0.3 is 0 Å². The summed E-state index contributed by atoms with van der Waals surface area (Å²) in [5.41, 5.74) is 0. The molecular formula is C19H31NO4. The Balaban J connectivity index is 2.42. The van der Waals surface area contributed by atoms with Crippen molar-refractivity contribution in [3.8, 4) is 11.5 Å². The van der Waals surface area contributed by atoms with E-state index in [1.165, 1.54) is 0 Å². The molecule has 136 valence electrons. The van der Waals surface area contributed by atoms with Gasteiger partial charge in [0.1, 0.15) is 6.61 Å². The Kier molecular flexibility index (Phi) is 10.9. The summed E-state index contributed by atoms with van der Waals surface area (Å²) >= 11 is 0. The van der Waals surface area contributed by atoms with Crippen molar-refractivity contribution in [3.63, 3.8) is 0 Å². The monoisotopic (exact) mass is 337 g/mol. The largest absolute Gasteiger partial charge is 0.493 e. The van der Waals surface area contributed by atoms with Gasteiger partial charge in [-0.05, 0) is 25.1 Å². The summed E-state index contributed by atoms with van der Waals surface area (Å²) in [5, 5.41) is 10.1. The lowest BCUT2D eigenvalue weighted by molar-refractivity contribution is 0.0235. The topological polar surface area (TPSA) is 51.2 Å². The first-order valence-electron chi connectivity index (χ1n) is 8.56. The van der Waals surface area contributed by atoms with Gasteiger partial charge in [-0.2, -0.15) is 0 Å². The molecule has 0 saturated heterocycles. The van der Waals surface area contributed by atoms with Crippen LogP contribution >= 0.6 is 0 Å². The Morgan fingerprint density at radius 2 is 2.00 bits per heavy atom. The number of nitrogens with zero attached hydrogens (tertiary/aromatic N) is 1. The number of hydrogen-bond acceptors (Lipinski definition) is 5. The van der Waals surface area contributed by atoms with Crippen LogP contribution in [0.4, 0.5) is 0 Å². The molecule has 0 heterocycles. The van der Waals surface area contributed by atoms with E-state index in [-0.39, 0.29) is 0 Å². The van der Waals surface area contributed by atoms with Gasteiger partial charge in [0.05, 0.1) is 26.4 Å². The number of methoxy groups -OCH3 is 1. The van der Waals surface area contributed by atoms with Crippen molar-refractivity contribution in [2.24, 2.45) is 0 Å². The van der Waals surface area contributed by atoms with Crippen LogP contribution < -0.4 is 9.47 Å². The first kappa shape index (κ1) is 20.5. The highest BCUT2D eigenvalue weighted by Gasteiger charge is 2.12. The van der Waals surface area contributed by atoms with Crippen LogP contribution in [0.25, 0.3) is 0 Å². The van der Waals surface area contributed by atoms with Crippen LogP contribution in [-0.2, 0) is 4.74 Å². The molecule has 5 heteroatoms. The Labute approximate surface area is 145 Å². The molecule has 0 radical (unpaired) electrons. The van der Waals surface area contributed by atoms with E-state index in [9.17, 15) is 5.11 Å².